The van der Waals surface area contributed by atoms with Gasteiger partial charge < -0.3 is 10.4 Å². The molecule has 1 aliphatic rings. The minimum Gasteiger partial charge on any atom is -0.481 e. The summed E-state index contributed by atoms with van der Waals surface area (Å²) >= 11 is 0. The molecule has 0 heterocycles. The molecule has 0 saturated heterocycles. The molecule has 18 heavy (non-hydrogen) atoms. The molecule has 1 saturated carbocycles. The van der Waals surface area contributed by atoms with E-state index in [0.29, 0.717) is 0 Å². The maximum absolute atomic E-state index is 11.7. The Kier molecular flexibility index (Phi) is 5.63. The van der Waals surface area contributed by atoms with E-state index in [0.717, 1.165) is 18.9 Å². The Labute approximate surface area is 109 Å². The third-order valence-corrected chi connectivity index (χ3v) is 3.62. The van der Waals surface area contributed by atoms with Crippen molar-refractivity contribution in [1.82, 2.24) is 5.32 Å². The SMILES string of the molecule is CC(C)(CC(=O)O)CC(=O)NCCC1CCCC1. The van der Waals surface area contributed by atoms with Crippen molar-refractivity contribution < 1.29 is 14.7 Å². The topological polar surface area (TPSA) is 66.4 Å². The maximum atomic E-state index is 11.7. The van der Waals surface area contributed by atoms with Gasteiger partial charge in [-0.25, -0.2) is 0 Å². The van der Waals surface area contributed by atoms with Crippen LogP contribution in [-0.4, -0.2) is 23.5 Å². The van der Waals surface area contributed by atoms with Crippen molar-refractivity contribution in [2.45, 2.75) is 58.8 Å². The molecule has 4 heteroatoms. The molecule has 1 amide bonds. The predicted molar refractivity (Wildman–Crippen MR) is 70.2 cm³/mol. The van der Waals surface area contributed by atoms with Gasteiger partial charge in [0.15, 0.2) is 0 Å². The quantitative estimate of drug-likeness (QED) is 0.734. The average Bonchev–Trinajstić information content (AvgIpc) is 2.66. The van der Waals surface area contributed by atoms with Crippen LogP contribution in [0.2, 0.25) is 0 Å². The fourth-order valence-corrected chi connectivity index (χ4v) is 2.68. The van der Waals surface area contributed by atoms with Crippen molar-refractivity contribution in [2.75, 3.05) is 6.54 Å². The molecule has 2 N–H and O–H groups in total. The lowest BCUT2D eigenvalue weighted by molar-refractivity contribution is -0.139. The van der Waals surface area contributed by atoms with Crippen molar-refractivity contribution >= 4 is 11.9 Å². The van der Waals surface area contributed by atoms with E-state index in [1.54, 1.807) is 0 Å². The van der Waals surface area contributed by atoms with Crippen molar-refractivity contribution in [3.8, 4) is 0 Å². The zero-order valence-electron chi connectivity index (χ0n) is 11.5. The molecule has 0 unspecified atom stereocenters. The number of carboxylic acid groups (broad SMARTS) is 1. The number of carbonyl (C=O) groups excluding carboxylic acids is 1. The molecular weight excluding hydrogens is 230 g/mol. The first-order chi connectivity index (χ1) is 8.39. The summed E-state index contributed by atoms with van der Waals surface area (Å²) in [4.78, 5) is 22.4. The zero-order valence-corrected chi connectivity index (χ0v) is 11.5. The molecule has 0 radical (unpaired) electrons. The highest BCUT2D eigenvalue weighted by Crippen LogP contribution is 2.27. The molecule has 1 rings (SSSR count). The third kappa shape index (κ3) is 6.03. The van der Waals surface area contributed by atoms with E-state index >= 15 is 0 Å². The van der Waals surface area contributed by atoms with Crippen LogP contribution in [0.15, 0.2) is 0 Å². The summed E-state index contributed by atoms with van der Waals surface area (Å²) in [6.45, 7) is 4.36. The minimum absolute atomic E-state index is 0.0285. The molecule has 1 aliphatic carbocycles. The molecule has 0 bridgehead atoms. The van der Waals surface area contributed by atoms with E-state index in [1.807, 2.05) is 13.8 Å². The van der Waals surface area contributed by atoms with Crippen LogP contribution in [0.3, 0.4) is 0 Å². The fraction of sp³-hybridized carbons (Fsp3) is 0.857. The van der Waals surface area contributed by atoms with Crippen molar-refractivity contribution in [3.63, 3.8) is 0 Å². The van der Waals surface area contributed by atoms with Crippen molar-refractivity contribution in [3.05, 3.63) is 0 Å². The summed E-state index contributed by atoms with van der Waals surface area (Å²) in [7, 11) is 0. The summed E-state index contributed by atoms with van der Waals surface area (Å²) in [6.07, 6.45) is 6.60. The molecule has 104 valence electrons. The van der Waals surface area contributed by atoms with Crippen LogP contribution in [-0.2, 0) is 9.59 Å². The van der Waals surface area contributed by atoms with Crippen LogP contribution >= 0.6 is 0 Å². The highest BCUT2D eigenvalue weighted by molar-refractivity contribution is 5.77. The summed E-state index contributed by atoms with van der Waals surface area (Å²) < 4.78 is 0. The van der Waals surface area contributed by atoms with E-state index in [1.165, 1.54) is 25.7 Å². The maximum Gasteiger partial charge on any atom is 0.303 e. The summed E-state index contributed by atoms with van der Waals surface area (Å²) in [6, 6.07) is 0. The Morgan fingerprint density at radius 2 is 1.83 bits per heavy atom. The lowest BCUT2D eigenvalue weighted by atomic mass is 9.85. The first-order valence-electron chi connectivity index (χ1n) is 6.87. The van der Waals surface area contributed by atoms with E-state index in [2.05, 4.69) is 5.32 Å². The van der Waals surface area contributed by atoms with Crippen LogP contribution in [0.1, 0.15) is 58.8 Å². The van der Waals surface area contributed by atoms with Crippen LogP contribution in [0.5, 0.6) is 0 Å². The lowest BCUT2D eigenvalue weighted by Crippen LogP contribution is -2.31. The zero-order chi connectivity index (χ0) is 13.6. The van der Waals surface area contributed by atoms with Gasteiger partial charge in [0, 0.05) is 13.0 Å². The molecule has 0 aromatic rings. The molecule has 0 spiro atoms. The first kappa shape index (κ1) is 15.0. The molecule has 4 nitrogen and oxygen atoms in total. The number of aliphatic carboxylic acids is 1. The van der Waals surface area contributed by atoms with Crippen LogP contribution in [0, 0.1) is 11.3 Å². The third-order valence-electron chi connectivity index (χ3n) is 3.62. The van der Waals surface area contributed by atoms with Crippen LogP contribution < -0.4 is 5.32 Å². The van der Waals surface area contributed by atoms with Gasteiger partial charge in [-0.15, -0.1) is 0 Å². The summed E-state index contributed by atoms with van der Waals surface area (Å²) in [5.41, 5.74) is -0.469. The molecule has 0 aromatic carbocycles. The predicted octanol–water partition coefficient (Wildman–Crippen LogP) is 2.57. The minimum atomic E-state index is -0.848. The lowest BCUT2D eigenvalue weighted by Gasteiger charge is -2.21. The van der Waals surface area contributed by atoms with Crippen molar-refractivity contribution in [2.24, 2.45) is 11.3 Å². The molecule has 0 atom stereocenters. The van der Waals surface area contributed by atoms with Crippen LogP contribution in [0.4, 0.5) is 0 Å². The standard InChI is InChI=1S/C14H25NO3/c1-14(2,10-13(17)18)9-12(16)15-8-7-11-5-3-4-6-11/h11H,3-10H2,1-2H3,(H,15,16)(H,17,18). The average molecular weight is 255 g/mol. The second kappa shape index (κ2) is 6.76. The van der Waals surface area contributed by atoms with Crippen LogP contribution in [0.25, 0.3) is 0 Å². The van der Waals surface area contributed by atoms with Gasteiger partial charge in [-0.1, -0.05) is 39.5 Å². The van der Waals surface area contributed by atoms with Gasteiger partial charge in [-0.3, -0.25) is 9.59 Å². The van der Waals surface area contributed by atoms with E-state index < -0.39 is 11.4 Å². The van der Waals surface area contributed by atoms with Gasteiger partial charge in [0.2, 0.25) is 5.91 Å². The fourth-order valence-electron chi connectivity index (χ4n) is 2.68. The number of rotatable bonds is 7. The molecule has 1 fully saturated rings. The van der Waals surface area contributed by atoms with E-state index in [-0.39, 0.29) is 18.7 Å². The van der Waals surface area contributed by atoms with Crippen molar-refractivity contribution in [1.29, 1.82) is 0 Å². The molecular formula is C14H25NO3. The Hall–Kier alpha value is -1.06. The highest BCUT2D eigenvalue weighted by Gasteiger charge is 2.25. The van der Waals surface area contributed by atoms with Gasteiger partial charge in [0.05, 0.1) is 6.42 Å². The largest absolute Gasteiger partial charge is 0.481 e. The van der Waals surface area contributed by atoms with Gasteiger partial charge in [-0.2, -0.15) is 0 Å². The normalized spacial score (nSPS) is 16.8. The highest BCUT2D eigenvalue weighted by atomic mass is 16.4. The Morgan fingerprint density at radius 1 is 1.22 bits per heavy atom. The number of hydrogen-bond donors (Lipinski definition) is 2. The van der Waals surface area contributed by atoms with Gasteiger partial charge >= 0.3 is 5.97 Å². The smallest absolute Gasteiger partial charge is 0.303 e. The number of carboxylic acids is 1. The molecule has 0 aromatic heterocycles. The second-order valence-corrected chi connectivity index (χ2v) is 6.20. The number of hydrogen-bond acceptors (Lipinski definition) is 2. The monoisotopic (exact) mass is 255 g/mol. The van der Waals surface area contributed by atoms with E-state index in [9.17, 15) is 9.59 Å². The molecule has 0 aliphatic heterocycles. The number of amides is 1. The summed E-state index contributed by atoms with van der Waals surface area (Å²) in [5, 5.41) is 11.7. The van der Waals surface area contributed by atoms with Gasteiger partial charge in [0.1, 0.15) is 0 Å². The summed E-state index contributed by atoms with van der Waals surface area (Å²) in [5.74, 6) is -0.102. The Morgan fingerprint density at radius 3 is 2.39 bits per heavy atom. The van der Waals surface area contributed by atoms with Gasteiger partial charge in [0.25, 0.3) is 0 Å². The number of carbonyl (C=O) groups is 2. The van der Waals surface area contributed by atoms with Gasteiger partial charge in [-0.05, 0) is 17.8 Å². The Bertz CT molecular complexity index is 293. The van der Waals surface area contributed by atoms with E-state index in [4.69, 9.17) is 5.11 Å². The first-order valence-corrected chi connectivity index (χ1v) is 6.87. The second-order valence-electron chi connectivity index (χ2n) is 6.20. The Balaban J connectivity index is 2.17. The number of nitrogens with one attached hydrogen (secondary N) is 1.